The van der Waals surface area contributed by atoms with Crippen LogP contribution in [0.2, 0.25) is 0 Å². The first-order valence-corrected chi connectivity index (χ1v) is 7.19. The van der Waals surface area contributed by atoms with E-state index in [0.29, 0.717) is 5.56 Å². The summed E-state index contributed by atoms with van der Waals surface area (Å²) < 4.78 is 13.5. The van der Waals surface area contributed by atoms with Crippen LogP contribution in [-0.4, -0.2) is 22.5 Å². The second-order valence-electron chi connectivity index (χ2n) is 5.19. The van der Waals surface area contributed by atoms with Gasteiger partial charge in [-0.2, -0.15) is 0 Å². The van der Waals surface area contributed by atoms with Crippen LogP contribution in [0, 0.1) is 5.82 Å². The molecular formula is C18H15FN2O2. The Morgan fingerprint density at radius 1 is 1.17 bits per heavy atom. The number of aromatic nitrogens is 1. The zero-order chi connectivity index (χ0) is 16.2. The van der Waals surface area contributed by atoms with Crippen molar-refractivity contribution in [1.82, 2.24) is 10.3 Å². The summed E-state index contributed by atoms with van der Waals surface area (Å²) in [6, 6.07) is 14.7. The lowest BCUT2D eigenvalue weighted by atomic mass is 10.0. The van der Waals surface area contributed by atoms with Crippen LogP contribution in [0.1, 0.15) is 22.0 Å². The molecule has 1 amide bonds. The number of rotatable bonds is 4. The monoisotopic (exact) mass is 310 g/mol. The number of aliphatic hydroxyl groups excluding tert-OH is 1. The van der Waals surface area contributed by atoms with Gasteiger partial charge in [-0.1, -0.05) is 36.4 Å². The van der Waals surface area contributed by atoms with Crippen molar-refractivity contribution in [3.05, 3.63) is 77.9 Å². The minimum Gasteiger partial charge on any atom is -0.387 e. The summed E-state index contributed by atoms with van der Waals surface area (Å²) in [4.78, 5) is 15.5. The number of hydrogen-bond acceptors (Lipinski definition) is 3. The maximum absolute atomic E-state index is 13.5. The van der Waals surface area contributed by atoms with Gasteiger partial charge in [0.2, 0.25) is 0 Å². The first-order valence-electron chi connectivity index (χ1n) is 7.19. The quantitative estimate of drug-likeness (QED) is 0.779. The lowest BCUT2D eigenvalue weighted by molar-refractivity contribution is 0.0912. The van der Waals surface area contributed by atoms with Crippen molar-refractivity contribution >= 4 is 16.7 Å². The summed E-state index contributed by atoms with van der Waals surface area (Å²) >= 11 is 0. The molecule has 2 N–H and O–H groups in total. The molecule has 23 heavy (non-hydrogen) atoms. The van der Waals surface area contributed by atoms with E-state index in [4.69, 9.17) is 0 Å². The second kappa shape index (κ2) is 6.54. The lowest BCUT2D eigenvalue weighted by Gasteiger charge is -2.13. The highest BCUT2D eigenvalue weighted by atomic mass is 19.1. The molecule has 1 atom stereocenters. The van der Waals surface area contributed by atoms with Gasteiger partial charge in [0.25, 0.3) is 5.91 Å². The van der Waals surface area contributed by atoms with Gasteiger partial charge in [0, 0.05) is 12.7 Å². The Bertz CT molecular complexity index is 851. The van der Waals surface area contributed by atoms with Gasteiger partial charge in [-0.05, 0) is 28.5 Å². The molecule has 5 heteroatoms. The molecule has 1 aromatic heterocycles. The van der Waals surface area contributed by atoms with E-state index in [1.54, 1.807) is 0 Å². The normalized spacial score (nSPS) is 12.1. The molecule has 0 spiro atoms. The van der Waals surface area contributed by atoms with Gasteiger partial charge in [0.15, 0.2) is 5.82 Å². The maximum Gasteiger partial charge on any atom is 0.254 e. The van der Waals surface area contributed by atoms with E-state index in [9.17, 15) is 14.3 Å². The average molecular weight is 310 g/mol. The molecule has 0 aliphatic heterocycles. The van der Waals surface area contributed by atoms with Crippen LogP contribution in [0.15, 0.2) is 60.9 Å². The summed E-state index contributed by atoms with van der Waals surface area (Å²) in [6.07, 6.45) is 1.46. The Balaban J connectivity index is 1.70. The summed E-state index contributed by atoms with van der Waals surface area (Å²) in [7, 11) is 0. The molecule has 0 radical (unpaired) electrons. The third-order valence-electron chi connectivity index (χ3n) is 3.63. The van der Waals surface area contributed by atoms with E-state index in [-0.39, 0.29) is 12.1 Å². The number of carbonyl (C=O) groups is 1. The third kappa shape index (κ3) is 3.35. The van der Waals surface area contributed by atoms with Crippen molar-refractivity contribution in [2.24, 2.45) is 0 Å². The van der Waals surface area contributed by atoms with Crippen molar-refractivity contribution < 1.29 is 14.3 Å². The Morgan fingerprint density at radius 3 is 2.74 bits per heavy atom. The summed E-state index contributed by atoms with van der Waals surface area (Å²) in [5.74, 6) is -1.27. The van der Waals surface area contributed by atoms with Gasteiger partial charge in [-0.15, -0.1) is 0 Å². The van der Waals surface area contributed by atoms with E-state index in [1.807, 2.05) is 42.5 Å². The number of halogens is 1. The number of fused-ring (bicyclic) bond motifs is 1. The molecule has 0 fully saturated rings. The van der Waals surface area contributed by atoms with Gasteiger partial charge >= 0.3 is 0 Å². The topological polar surface area (TPSA) is 62.2 Å². The summed E-state index contributed by atoms with van der Waals surface area (Å²) in [5, 5.41) is 14.8. The summed E-state index contributed by atoms with van der Waals surface area (Å²) in [5.41, 5.74) is 0.602. The van der Waals surface area contributed by atoms with Gasteiger partial charge in [0.05, 0.1) is 17.9 Å². The van der Waals surface area contributed by atoms with Crippen molar-refractivity contribution in [2.75, 3.05) is 6.54 Å². The Labute approximate surface area is 132 Å². The fourth-order valence-corrected chi connectivity index (χ4v) is 2.38. The van der Waals surface area contributed by atoms with E-state index in [0.717, 1.165) is 17.0 Å². The van der Waals surface area contributed by atoms with Crippen molar-refractivity contribution in [3.8, 4) is 0 Å². The molecule has 1 unspecified atom stereocenters. The number of amides is 1. The number of hydrogen-bond donors (Lipinski definition) is 2. The molecule has 0 saturated carbocycles. The van der Waals surface area contributed by atoms with E-state index < -0.39 is 17.8 Å². The minimum atomic E-state index is -0.867. The second-order valence-corrected chi connectivity index (χ2v) is 5.19. The number of benzene rings is 2. The first-order chi connectivity index (χ1) is 11.1. The number of pyridine rings is 1. The van der Waals surface area contributed by atoms with Gasteiger partial charge < -0.3 is 10.4 Å². The smallest absolute Gasteiger partial charge is 0.254 e. The van der Waals surface area contributed by atoms with E-state index >= 15 is 0 Å². The molecule has 0 aliphatic carbocycles. The minimum absolute atomic E-state index is 0.00106. The van der Waals surface area contributed by atoms with Gasteiger partial charge in [-0.3, -0.25) is 9.78 Å². The molecule has 4 nitrogen and oxygen atoms in total. The molecule has 1 heterocycles. The van der Waals surface area contributed by atoms with Gasteiger partial charge in [0.1, 0.15) is 0 Å². The standard InChI is InChI=1S/C18H15FN2O2/c19-16-10-20-8-7-15(16)18(23)21-11-17(22)14-6-5-12-3-1-2-4-13(12)9-14/h1-10,17,22H,11H2,(H,21,23). The highest BCUT2D eigenvalue weighted by molar-refractivity contribution is 5.94. The van der Waals surface area contributed by atoms with E-state index in [1.165, 1.54) is 12.3 Å². The Kier molecular flexibility index (Phi) is 4.30. The molecule has 0 aliphatic rings. The molecule has 3 aromatic rings. The molecule has 2 aromatic carbocycles. The highest BCUT2D eigenvalue weighted by Crippen LogP contribution is 2.20. The predicted molar refractivity (Wildman–Crippen MR) is 85.4 cm³/mol. The van der Waals surface area contributed by atoms with E-state index in [2.05, 4.69) is 10.3 Å². The lowest BCUT2D eigenvalue weighted by Crippen LogP contribution is -2.29. The molecule has 116 valence electrons. The first kappa shape index (κ1) is 15.1. The van der Waals surface area contributed by atoms with Crippen LogP contribution >= 0.6 is 0 Å². The average Bonchev–Trinajstić information content (AvgIpc) is 2.59. The molecular weight excluding hydrogens is 295 g/mol. The molecule has 0 bridgehead atoms. The fourth-order valence-electron chi connectivity index (χ4n) is 2.38. The summed E-state index contributed by atoms with van der Waals surface area (Å²) in [6.45, 7) is -0.00106. The zero-order valence-electron chi connectivity index (χ0n) is 12.2. The Morgan fingerprint density at radius 2 is 1.96 bits per heavy atom. The predicted octanol–water partition coefficient (Wildman–Crippen LogP) is 2.84. The van der Waals surface area contributed by atoms with Crippen LogP contribution in [0.4, 0.5) is 4.39 Å². The zero-order valence-corrected chi connectivity index (χ0v) is 12.2. The van der Waals surface area contributed by atoms with Crippen molar-refractivity contribution in [1.29, 1.82) is 0 Å². The number of nitrogens with zero attached hydrogens (tertiary/aromatic N) is 1. The SMILES string of the molecule is O=C(NCC(O)c1ccc2ccccc2c1)c1ccncc1F. The number of aliphatic hydroxyl groups is 1. The van der Waals surface area contributed by atoms with Crippen molar-refractivity contribution in [2.45, 2.75) is 6.10 Å². The van der Waals surface area contributed by atoms with Gasteiger partial charge in [-0.25, -0.2) is 4.39 Å². The van der Waals surface area contributed by atoms with Crippen LogP contribution < -0.4 is 5.32 Å². The highest BCUT2D eigenvalue weighted by Gasteiger charge is 2.14. The van der Waals surface area contributed by atoms with Crippen LogP contribution in [0.25, 0.3) is 10.8 Å². The molecule has 0 saturated heterocycles. The van der Waals surface area contributed by atoms with Crippen LogP contribution in [0.3, 0.4) is 0 Å². The van der Waals surface area contributed by atoms with Crippen LogP contribution in [-0.2, 0) is 0 Å². The van der Waals surface area contributed by atoms with Crippen molar-refractivity contribution in [3.63, 3.8) is 0 Å². The number of carbonyl (C=O) groups excluding carboxylic acids is 1. The fraction of sp³-hybridized carbons (Fsp3) is 0.111. The van der Waals surface area contributed by atoms with Crippen LogP contribution in [0.5, 0.6) is 0 Å². The Hall–Kier alpha value is -2.79. The molecule has 3 rings (SSSR count). The third-order valence-corrected chi connectivity index (χ3v) is 3.63. The number of nitrogens with one attached hydrogen (secondary N) is 1. The maximum atomic E-state index is 13.5. The largest absolute Gasteiger partial charge is 0.387 e.